The molecule has 2 aromatic heterocycles. The number of aryl methyl sites for hydroxylation is 1. The first-order valence-electron chi connectivity index (χ1n) is 11.4. The van der Waals surface area contributed by atoms with Gasteiger partial charge in [0, 0.05) is 56.5 Å². The van der Waals surface area contributed by atoms with Gasteiger partial charge in [-0.05, 0) is 56.0 Å². The van der Waals surface area contributed by atoms with Gasteiger partial charge in [-0.2, -0.15) is 0 Å². The van der Waals surface area contributed by atoms with Gasteiger partial charge in [0.25, 0.3) is 0 Å². The minimum Gasteiger partial charge on any atom is -0.372 e. The number of hydrogen-bond donors (Lipinski definition) is 3. The Balaban J connectivity index is 0.00000306. The zero-order valence-corrected chi connectivity index (χ0v) is 22.2. The van der Waals surface area contributed by atoms with Crippen molar-refractivity contribution in [3.8, 4) is 0 Å². The number of halogens is 1. The summed E-state index contributed by atoms with van der Waals surface area (Å²) in [5.41, 5.74) is 4.90. The molecular weight excluding hydrogens is 527 g/mol. The molecule has 2 atom stereocenters. The number of H-pyrrole nitrogens is 1. The maximum Gasteiger partial charge on any atom is 0.191 e. The highest BCUT2D eigenvalue weighted by Gasteiger charge is 2.22. The summed E-state index contributed by atoms with van der Waals surface area (Å²) >= 11 is 0. The number of hydrogen-bond acceptors (Lipinski definition) is 4. The van der Waals surface area contributed by atoms with Crippen molar-refractivity contribution in [2.75, 3.05) is 31.6 Å². The largest absolute Gasteiger partial charge is 0.372 e. The Labute approximate surface area is 213 Å². The highest BCUT2D eigenvalue weighted by atomic mass is 127. The fraction of sp³-hybridized carbons (Fsp3) is 0.440. The smallest absolute Gasteiger partial charge is 0.191 e. The number of aromatic amines is 1. The van der Waals surface area contributed by atoms with Crippen LogP contribution in [0.25, 0.3) is 10.9 Å². The molecule has 0 aliphatic carbocycles. The Morgan fingerprint density at radius 1 is 1.18 bits per heavy atom. The summed E-state index contributed by atoms with van der Waals surface area (Å²) in [6, 6.07) is 10.8. The monoisotopic (exact) mass is 562 g/mol. The highest BCUT2D eigenvalue weighted by Crippen LogP contribution is 2.20. The Hall–Kier alpha value is -2.33. The lowest BCUT2D eigenvalue weighted by Crippen LogP contribution is -2.45. The van der Waals surface area contributed by atoms with Gasteiger partial charge in [0.05, 0.1) is 12.2 Å². The van der Waals surface area contributed by atoms with Crippen LogP contribution in [0.1, 0.15) is 30.5 Å². The van der Waals surface area contributed by atoms with Crippen molar-refractivity contribution in [2.24, 2.45) is 4.99 Å². The van der Waals surface area contributed by atoms with E-state index < -0.39 is 0 Å². The normalized spacial score (nSPS) is 18.8. The number of morpholine rings is 1. The number of nitrogens with zero attached hydrogens (tertiary/aromatic N) is 3. The summed E-state index contributed by atoms with van der Waals surface area (Å²) in [6.45, 7) is 9.57. The van der Waals surface area contributed by atoms with Crippen molar-refractivity contribution in [3.63, 3.8) is 0 Å². The van der Waals surface area contributed by atoms with Crippen molar-refractivity contribution >= 4 is 46.7 Å². The van der Waals surface area contributed by atoms with Gasteiger partial charge in [-0.25, -0.2) is 4.98 Å². The van der Waals surface area contributed by atoms with E-state index in [1.165, 1.54) is 22.0 Å². The minimum absolute atomic E-state index is 0. The number of fused-ring (bicyclic) bond motifs is 1. The summed E-state index contributed by atoms with van der Waals surface area (Å²) in [7, 11) is 1.80. The second-order valence-electron chi connectivity index (χ2n) is 8.65. The predicted molar refractivity (Wildman–Crippen MR) is 147 cm³/mol. The van der Waals surface area contributed by atoms with Gasteiger partial charge in [-0.1, -0.05) is 18.2 Å². The highest BCUT2D eigenvalue weighted by molar-refractivity contribution is 14.0. The Morgan fingerprint density at radius 2 is 1.97 bits per heavy atom. The Bertz CT molecular complexity index is 1050. The number of aliphatic imine (C=N–C) groups is 1. The first-order valence-corrected chi connectivity index (χ1v) is 11.4. The van der Waals surface area contributed by atoms with Gasteiger partial charge in [-0.15, -0.1) is 24.0 Å². The molecule has 3 heterocycles. The lowest BCUT2D eigenvalue weighted by molar-refractivity contribution is -0.00545. The van der Waals surface area contributed by atoms with E-state index in [9.17, 15) is 0 Å². The van der Waals surface area contributed by atoms with Gasteiger partial charge in [0.15, 0.2) is 5.96 Å². The fourth-order valence-corrected chi connectivity index (χ4v) is 4.30. The van der Waals surface area contributed by atoms with Gasteiger partial charge in [0.1, 0.15) is 5.82 Å². The lowest BCUT2D eigenvalue weighted by atomic mass is 10.1. The van der Waals surface area contributed by atoms with Crippen molar-refractivity contribution in [2.45, 2.75) is 45.9 Å². The average molecular weight is 563 g/mol. The van der Waals surface area contributed by atoms with Crippen molar-refractivity contribution < 1.29 is 4.74 Å². The molecular formula is C25H35IN6O. The topological polar surface area (TPSA) is 77.6 Å². The van der Waals surface area contributed by atoms with Crippen LogP contribution in [0.5, 0.6) is 0 Å². The zero-order chi connectivity index (χ0) is 22.5. The maximum absolute atomic E-state index is 5.82. The van der Waals surface area contributed by atoms with Crippen LogP contribution in [0.4, 0.5) is 5.82 Å². The van der Waals surface area contributed by atoms with Crippen molar-refractivity contribution in [1.29, 1.82) is 0 Å². The molecule has 1 aliphatic rings. The molecule has 1 fully saturated rings. The Morgan fingerprint density at radius 3 is 2.67 bits per heavy atom. The summed E-state index contributed by atoms with van der Waals surface area (Å²) in [5, 5.41) is 8.08. The van der Waals surface area contributed by atoms with E-state index in [-0.39, 0.29) is 36.2 Å². The molecule has 0 spiro atoms. The molecule has 3 N–H and O–H groups in total. The molecule has 0 radical (unpaired) electrons. The van der Waals surface area contributed by atoms with Crippen LogP contribution in [0.2, 0.25) is 0 Å². The second-order valence-corrected chi connectivity index (χ2v) is 8.65. The van der Waals surface area contributed by atoms with Gasteiger partial charge in [-0.3, -0.25) is 4.99 Å². The summed E-state index contributed by atoms with van der Waals surface area (Å²) in [6.07, 6.45) is 5.42. The third-order valence-corrected chi connectivity index (χ3v) is 5.85. The lowest BCUT2D eigenvalue weighted by Gasteiger charge is -2.36. The van der Waals surface area contributed by atoms with E-state index in [4.69, 9.17) is 4.74 Å². The van der Waals surface area contributed by atoms with Crippen LogP contribution >= 0.6 is 24.0 Å². The predicted octanol–water partition coefficient (Wildman–Crippen LogP) is 4.01. The van der Waals surface area contributed by atoms with Crippen LogP contribution in [-0.4, -0.2) is 54.8 Å². The standard InChI is InChI=1S/C25H34N6O.HI/c1-17-5-7-22-21(14-28-23(22)11-17)9-10-27-25(26-4)30-13-20-6-8-24(29-12-20)31-15-18(2)32-19(3)16-31;/h5-8,11-12,14,18-19,28H,9-10,13,15-16H2,1-4H3,(H2,26,27,30);1H. The van der Waals surface area contributed by atoms with Gasteiger partial charge in [0.2, 0.25) is 0 Å². The van der Waals surface area contributed by atoms with E-state index in [2.05, 4.69) is 87.8 Å². The van der Waals surface area contributed by atoms with Gasteiger partial charge < -0.3 is 25.3 Å². The molecule has 33 heavy (non-hydrogen) atoms. The minimum atomic E-state index is 0. The molecule has 8 heteroatoms. The first-order chi connectivity index (χ1) is 15.5. The van der Waals surface area contributed by atoms with E-state index in [0.717, 1.165) is 43.4 Å². The SMILES string of the molecule is CN=C(NCCc1c[nH]c2cc(C)ccc12)NCc1ccc(N2CC(C)OC(C)C2)nc1.I. The number of guanidine groups is 1. The molecule has 0 bridgehead atoms. The molecule has 1 saturated heterocycles. The first kappa shape index (κ1) is 25.3. The average Bonchev–Trinajstić information content (AvgIpc) is 3.17. The number of anilines is 1. The molecule has 7 nitrogen and oxygen atoms in total. The van der Waals surface area contributed by atoms with Crippen LogP contribution in [0, 0.1) is 6.92 Å². The summed E-state index contributed by atoms with van der Waals surface area (Å²) in [4.78, 5) is 14.7. The van der Waals surface area contributed by atoms with Crippen LogP contribution in [-0.2, 0) is 17.7 Å². The molecule has 3 aromatic rings. The number of rotatable bonds is 6. The van der Waals surface area contributed by atoms with Gasteiger partial charge >= 0.3 is 0 Å². The summed E-state index contributed by atoms with van der Waals surface area (Å²) < 4.78 is 5.82. The molecule has 0 amide bonds. The molecule has 0 saturated carbocycles. The molecule has 2 unspecified atom stereocenters. The third kappa shape index (κ3) is 6.60. The maximum atomic E-state index is 5.82. The second kappa shape index (κ2) is 11.7. The molecule has 178 valence electrons. The Kier molecular flexibility index (Phi) is 8.96. The fourth-order valence-electron chi connectivity index (χ4n) is 4.30. The number of nitrogens with one attached hydrogen (secondary N) is 3. The third-order valence-electron chi connectivity index (χ3n) is 5.85. The summed E-state index contributed by atoms with van der Waals surface area (Å²) in [5.74, 6) is 1.80. The van der Waals surface area contributed by atoms with Crippen molar-refractivity contribution in [1.82, 2.24) is 20.6 Å². The number of pyridine rings is 1. The van der Waals surface area contributed by atoms with Crippen LogP contribution < -0.4 is 15.5 Å². The van der Waals surface area contributed by atoms with Crippen molar-refractivity contribution in [3.05, 3.63) is 59.4 Å². The number of benzene rings is 1. The molecule has 1 aromatic carbocycles. The van der Waals surface area contributed by atoms with E-state index in [1.54, 1.807) is 7.05 Å². The van der Waals surface area contributed by atoms with Crippen LogP contribution in [0.15, 0.2) is 47.7 Å². The quantitative estimate of drug-likeness (QED) is 0.241. The molecule has 4 rings (SSSR count). The number of aromatic nitrogens is 2. The van der Waals surface area contributed by atoms with Crippen LogP contribution in [0.3, 0.4) is 0 Å². The van der Waals surface area contributed by atoms with E-state index in [0.29, 0.717) is 6.54 Å². The zero-order valence-electron chi connectivity index (χ0n) is 19.9. The number of ether oxygens (including phenoxy) is 1. The van der Waals surface area contributed by atoms with E-state index >= 15 is 0 Å². The molecule has 1 aliphatic heterocycles. The van der Waals surface area contributed by atoms with E-state index in [1.807, 2.05) is 6.20 Å².